The van der Waals surface area contributed by atoms with Gasteiger partial charge in [-0.05, 0) is 6.08 Å². The molecular weight excluding hydrogens is 96.1 g/mol. The summed E-state index contributed by atoms with van der Waals surface area (Å²) in [7, 11) is -0.875. The first-order chi connectivity index (χ1) is 2.81. The second kappa shape index (κ2) is 2.65. The normalized spacial score (nSPS) is 6.67. The van der Waals surface area contributed by atoms with Crippen molar-refractivity contribution in [2.45, 2.75) is 0 Å². The van der Waals surface area contributed by atoms with Crippen molar-refractivity contribution in [3.05, 3.63) is 12.7 Å². The molecule has 2 nitrogen and oxygen atoms in total. The van der Waals surface area contributed by atoms with E-state index in [1.807, 2.05) is 0 Å². The molecular formula is C3H3O2Si. The van der Waals surface area contributed by atoms with Gasteiger partial charge in [-0.1, -0.05) is 6.58 Å². The van der Waals surface area contributed by atoms with E-state index in [1.54, 1.807) is 0 Å². The Balaban J connectivity index is 3.52. The first-order valence-corrected chi connectivity index (χ1v) is 2.26. The molecule has 3 heteroatoms. The highest BCUT2D eigenvalue weighted by molar-refractivity contribution is 6.65. The van der Waals surface area contributed by atoms with Gasteiger partial charge < -0.3 is 4.46 Å². The topological polar surface area (TPSA) is 34.1 Å². The maximum atomic E-state index is 9.76. The second-order valence-corrected chi connectivity index (χ2v) is 1.37. The first kappa shape index (κ1) is 5.43. The minimum Gasteiger partial charge on any atom is -0.375 e. The molecule has 0 aromatic carbocycles. The molecule has 0 fully saturated rings. The van der Waals surface area contributed by atoms with Crippen LogP contribution >= 0.6 is 0 Å². The molecule has 0 saturated heterocycles. The third-order valence-electron chi connectivity index (χ3n) is 0.286. The standard InChI is InChI=1S/C3H3O2Si/c1-2-3(4)6-5/h2H,1H2. The summed E-state index contributed by atoms with van der Waals surface area (Å²) < 4.78 is 9.47. The van der Waals surface area contributed by atoms with Crippen LogP contribution in [0.25, 0.3) is 0 Å². The van der Waals surface area contributed by atoms with E-state index in [0.717, 1.165) is 6.08 Å². The Morgan fingerprint density at radius 2 is 2.33 bits per heavy atom. The largest absolute Gasteiger partial charge is 0.411 e. The second-order valence-electron chi connectivity index (χ2n) is 0.670. The first-order valence-electron chi connectivity index (χ1n) is 1.36. The van der Waals surface area contributed by atoms with Crippen molar-refractivity contribution in [1.82, 2.24) is 0 Å². The molecule has 0 N–H and O–H groups in total. The summed E-state index contributed by atoms with van der Waals surface area (Å²) in [6, 6.07) is 0. The molecule has 1 radical (unpaired) electrons. The van der Waals surface area contributed by atoms with Crippen molar-refractivity contribution in [2.75, 3.05) is 0 Å². The van der Waals surface area contributed by atoms with E-state index in [1.165, 1.54) is 0 Å². The molecule has 0 aromatic heterocycles. The molecule has 0 saturated carbocycles. The Kier molecular flexibility index (Phi) is 2.40. The van der Waals surface area contributed by atoms with Gasteiger partial charge in [-0.2, -0.15) is 0 Å². The van der Waals surface area contributed by atoms with E-state index in [9.17, 15) is 9.26 Å². The Morgan fingerprint density at radius 1 is 1.83 bits per heavy atom. The van der Waals surface area contributed by atoms with E-state index in [2.05, 4.69) is 6.58 Å². The van der Waals surface area contributed by atoms with Crippen LogP contribution in [-0.2, 0) is 9.26 Å². The minimum absolute atomic E-state index is 0.421. The van der Waals surface area contributed by atoms with Crippen LogP contribution in [0.3, 0.4) is 0 Å². The Hall–Kier alpha value is -0.573. The van der Waals surface area contributed by atoms with Crippen molar-refractivity contribution >= 4 is 14.8 Å². The molecule has 0 atom stereocenters. The van der Waals surface area contributed by atoms with Crippen molar-refractivity contribution in [1.29, 1.82) is 0 Å². The van der Waals surface area contributed by atoms with Gasteiger partial charge in [-0.3, -0.25) is 4.79 Å². The Labute approximate surface area is 37.7 Å². The van der Waals surface area contributed by atoms with Gasteiger partial charge in [-0.15, -0.1) is 0 Å². The van der Waals surface area contributed by atoms with Gasteiger partial charge in [-0.25, -0.2) is 0 Å². The molecule has 0 spiro atoms. The molecule has 0 bridgehead atoms. The predicted octanol–water partition coefficient (Wildman–Crippen LogP) is -0.251. The van der Waals surface area contributed by atoms with E-state index >= 15 is 0 Å². The van der Waals surface area contributed by atoms with Crippen molar-refractivity contribution in [2.24, 2.45) is 0 Å². The minimum atomic E-state index is -0.875. The highest BCUT2D eigenvalue weighted by atomic mass is 28.2. The van der Waals surface area contributed by atoms with Gasteiger partial charge >= 0.3 is 9.41 Å². The maximum absolute atomic E-state index is 9.76. The summed E-state index contributed by atoms with van der Waals surface area (Å²) in [5.74, 6) is 0. The zero-order valence-corrected chi connectivity index (χ0v) is 4.10. The lowest BCUT2D eigenvalue weighted by atomic mass is 10.7. The van der Waals surface area contributed by atoms with Crippen LogP contribution in [0.2, 0.25) is 0 Å². The number of allylic oxidation sites excluding steroid dienone is 1. The fourth-order valence-corrected chi connectivity index (χ4v) is 0.125. The highest BCUT2D eigenvalue weighted by Crippen LogP contribution is 1.57. The van der Waals surface area contributed by atoms with Gasteiger partial charge in [0.05, 0.1) is 0 Å². The fraction of sp³-hybridized carbons (Fsp3) is 0. The Morgan fingerprint density at radius 3 is 2.33 bits per heavy atom. The van der Waals surface area contributed by atoms with Crippen LogP contribution < -0.4 is 0 Å². The van der Waals surface area contributed by atoms with Gasteiger partial charge in [0.25, 0.3) is 0 Å². The van der Waals surface area contributed by atoms with Crippen LogP contribution in [0.5, 0.6) is 0 Å². The molecule has 6 heavy (non-hydrogen) atoms. The van der Waals surface area contributed by atoms with E-state index in [-0.39, 0.29) is 0 Å². The summed E-state index contributed by atoms with van der Waals surface area (Å²) in [4.78, 5) is 9.76. The lowest BCUT2D eigenvalue weighted by Crippen LogP contribution is -1.91. The molecule has 31 valence electrons. The molecule has 0 amide bonds. The highest BCUT2D eigenvalue weighted by Gasteiger charge is 1.86. The third-order valence-corrected chi connectivity index (χ3v) is 0.691. The number of rotatable bonds is 2. The number of carbonyl (C=O) groups excluding carboxylic acids is 1. The summed E-state index contributed by atoms with van der Waals surface area (Å²) in [6.07, 6.45) is 1.03. The third kappa shape index (κ3) is 1.72. The summed E-state index contributed by atoms with van der Waals surface area (Å²) in [6.45, 7) is 3.09. The van der Waals surface area contributed by atoms with Gasteiger partial charge in [0.15, 0.2) is 0 Å². The molecule has 0 aliphatic heterocycles. The predicted molar refractivity (Wildman–Crippen MR) is 21.6 cm³/mol. The van der Waals surface area contributed by atoms with Crippen LogP contribution in [0.1, 0.15) is 0 Å². The van der Waals surface area contributed by atoms with Crippen LogP contribution in [0.4, 0.5) is 0 Å². The average molecular weight is 99.1 g/mol. The SMILES string of the molecule is C=CC(=O)[Si]=O. The number of hydrogen-bond donors (Lipinski definition) is 0. The van der Waals surface area contributed by atoms with Crippen LogP contribution in [-0.4, -0.2) is 14.8 Å². The van der Waals surface area contributed by atoms with Crippen molar-refractivity contribution in [3.63, 3.8) is 0 Å². The monoisotopic (exact) mass is 99.0 g/mol. The molecule has 0 unspecified atom stereocenters. The van der Waals surface area contributed by atoms with Gasteiger partial charge in [0, 0.05) is 0 Å². The zero-order valence-electron chi connectivity index (χ0n) is 3.10. The average Bonchev–Trinajstić information content (AvgIpc) is 1.65. The molecule has 0 aliphatic rings. The van der Waals surface area contributed by atoms with Gasteiger partial charge in [0.1, 0.15) is 0 Å². The van der Waals surface area contributed by atoms with E-state index in [0.29, 0.717) is 0 Å². The summed E-state index contributed by atoms with van der Waals surface area (Å²) >= 11 is 0. The maximum Gasteiger partial charge on any atom is 0.411 e. The molecule has 0 rings (SSSR count). The molecule has 0 heterocycles. The number of hydrogen-bond acceptors (Lipinski definition) is 2. The smallest absolute Gasteiger partial charge is 0.375 e. The lowest BCUT2D eigenvalue weighted by molar-refractivity contribution is -0.108. The van der Waals surface area contributed by atoms with Gasteiger partial charge in [0.2, 0.25) is 5.41 Å². The fourth-order valence-electron chi connectivity index (χ4n) is 0.0417. The quantitative estimate of drug-likeness (QED) is 0.353. The number of carbonyl (C=O) groups is 1. The zero-order chi connectivity index (χ0) is 4.99. The van der Waals surface area contributed by atoms with E-state index < -0.39 is 14.8 Å². The molecule has 0 aromatic rings. The van der Waals surface area contributed by atoms with Crippen molar-refractivity contribution in [3.8, 4) is 0 Å². The van der Waals surface area contributed by atoms with E-state index in [4.69, 9.17) is 0 Å². The summed E-state index contributed by atoms with van der Waals surface area (Å²) in [5, 5.41) is -0.421. The van der Waals surface area contributed by atoms with Crippen molar-refractivity contribution < 1.29 is 9.26 Å². The Bertz CT molecular complexity index is 76.8. The molecule has 0 aliphatic carbocycles. The summed E-state index contributed by atoms with van der Waals surface area (Å²) in [5.41, 5.74) is 0. The van der Waals surface area contributed by atoms with Crippen LogP contribution in [0.15, 0.2) is 12.7 Å². The lowest BCUT2D eigenvalue weighted by Gasteiger charge is -1.60. The van der Waals surface area contributed by atoms with Crippen LogP contribution in [0, 0.1) is 0 Å².